The van der Waals surface area contributed by atoms with Crippen LogP contribution in [0.15, 0.2) is 218 Å². The fraction of sp³-hybridized carbons (Fsp3) is 0. The summed E-state index contributed by atoms with van der Waals surface area (Å²) >= 11 is 0. The first-order chi connectivity index (χ1) is 28.3. The number of nitrogens with zero attached hydrogens (tertiary/aromatic N) is 2. The molecule has 1 heterocycles. The molecular weight excluding hydrogens is 689 g/mol. The quantitative estimate of drug-likeness (QED) is 0.156. The van der Waals surface area contributed by atoms with Crippen molar-refractivity contribution in [3.63, 3.8) is 0 Å². The van der Waals surface area contributed by atoms with Gasteiger partial charge in [0.2, 0.25) is 0 Å². The van der Waals surface area contributed by atoms with E-state index in [4.69, 9.17) is 4.98 Å². The number of para-hydroxylation sites is 1. The topological polar surface area (TPSA) is 17.8 Å². The van der Waals surface area contributed by atoms with E-state index in [1.807, 2.05) is 0 Å². The van der Waals surface area contributed by atoms with Crippen LogP contribution in [0.1, 0.15) is 0 Å². The average molecular weight is 725 g/mol. The van der Waals surface area contributed by atoms with Gasteiger partial charge >= 0.3 is 0 Å². The van der Waals surface area contributed by atoms with Crippen LogP contribution in [0.5, 0.6) is 0 Å². The zero-order valence-electron chi connectivity index (χ0n) is 31.2. The molecule has 0 atom stereocenters. The summed E-state index contributed by atoms with van der Waals surface area (Å²) in [5.74, 6) is 0.899. The molecule has 0 saturated carbocycles. The largest absolute Gasteiger partial charge is 0.292 e. The van der Waals surface area contributed by atoms with Crippen molar-refractivity contribution in [2.24, 2.45) is 0 Å². The first-order valence-corrected chi connectivity index (χ1v) is 19.6. The van der Waals surface area contributed by atoms with E-state index in [1.165, 1.54) is 60.1 Å². The van der Waals surface area contributed by atoms with Gasteiger partial charge in [-0.25, -0.2) is 4.98 Å². The Kier molecular flexibility index (Phi) is 7.86. The zero-order valence-corrected chi connectivity index (χ0v) is 31.2. The Morgan fingerprint density at radius 2 is 0.649 bits per heavy atom. The second kappa shape index (κ2) is 13.6. The number of benzene rings is 10. The third-order valence-electron chi connectivity index (χ3n) is 11.4. The molecule has 10 aromatic carbocycles. The van der Waals surface area contributed by atoms with E-state index < -0.39 is 0 Å². The number of imidazole rings is 1. The molecule has 0 N–H and O–H groups in total. The van der Waals surface area contributed by atoms with Gasteiger partial charge in [0.1, 0.15) is 5.82 Å². The third-order valence-corrected chi connectivity index (χ3v) is 11.4. The minimum Gasteiger partial charge on any atom is -0.292 e. The molecule has 57 heavy (non-hydrogen) atoms. The fourth-order valence-electron chi connectivity index (χ4n) is 8.96. The summed E-state index contributed by atoms with van der Waals surface area (Å²) in [6.07, 6.45) is 0. The Morgan fingerprint density at radius 3 is 1.16 bits per heavy atom. The van der Waals surface area contributed by atoms with Crippen molar-refractivity contribution < 1.29 is 0 Å². The van der Waals surface area contributed by atoms with Crippen LogP contribution in [0.4, 0.5) is 0 Å². The predicted molar refractivity (Wildman–Crippen MR) is 241 cm³/mol. The van der Waals surface area contributed by atoms with Gasteiger partial charge in [-0.2, -0.15) is 0 Å². The summed E-state index contributed by atoms with van der Waals surface area (Å²) in [5.41, 5.74) is 13.7. The normalized spacial score (nSPS) is 11.5. The van der Waals surface area contributed by atoms with Gasteiger partial charge in [0.15, 0.2) is 0 Å². The lowest BCUT2D eigenvalue weighted by Crippen LogP contribution is -2.00. The third kappa shape index (κ3) is 5.38. The van der Waals surface area contributed by atoms with Crippen LogP contribution in [-0.4, -0.2) is 9.55 Å². The minimum absolute atomic E-state index is 0.899. The summed E-state index contributed by atoms with van der Waals surface area (Å²) in [4.78, 5) is 5.79. The van der Waals surface area contributed by atoms with E-state index >= 15 is 0 Å². The van der Waals surface area contributed by atoms with E-state index in [1.54, 1.807) is 0 Å². The monoisotopic (exact) mass is 724 g/mol. The molecule has 2 nitrogen and oxygen atoms in total. The van der Waals surface area contributed by atoms with Crippen LogP contribution < -0.4 is 0 Å². The van der Waals surface area contributed by atoms with Gasteiger partial charge < -0.3 is 0 Å². The molecule has 266 valence electrons. The van der Waals surface area contributed by atoms with Crippen molar-refractivity contribution in [2.45, 2.75) is 0 Å². The molecule has 0 bridgehead atoms. The summed E-state index contributed by atoms with van der Waals surface area (Å²) in [7, 11) is 0. The number of hydrogen-bond donors (Lipinski definition) is 0. The predicted octanol–water partition coefficient (Wildman–Crippen LogP) is 14.8. The number of aromatic nitrogens is 2. The van der Waals surface area contributed by atoms with Crippen molar-refractivity contribution in [3.8, 4) is 61.6 Å². The molecule has 0 radical (unpaired) electrons. The zero-order chi connectivity index (χ0) is 37.7. The molecule has 0 amide bonds. The molecule has 0 saturated heterocycles. The van der Waals surface area contributed by atoms with E-state index in [-0.39, 0.29) is 0 Å². The summed E-state index contributed by atoms with van der Waals surface area (Å²) < 4.78 is 2.40. The van der Waals surface area contributed by atoms with E-state index in [0.717, 1.165) is 44.8 Å². The molecular formula is C55H36N2. The molecule has 2 heteroatoms. The lowest BCUT2D eigenvalue weighted by molar-refractivity contribution is 1.10. The Morgan fingerprint density at radius 1 is 0.281 bits per heavy atom. The highest BCUT2D eigenvalue weighted by Gasteiger charge is 2.26. The molecule has 1 aromatic heterocycles. The molecule has 0 fully saturated rings. The highest BCUT2D eigenvalue weighted by Crippen LogP contribution is 2.48. The van der Waals surface area contributed by atoms with Gasteiger partial charge in [0, 0.05) is 22.4 Å². The van der Waals surface area contributed by atoms with Crippen molar-refractivity contribution in [1.29, 1.82) is 0 Å². The van der Waals surface area contributed by atoms with Gasteiger partial charge in [0.25, 0.3) is 0 Å². The lowest BCUT2D eigenvalue weighted by atomic mass is 9.85. The average Bonchev–Trinajstić information content (AvgIpc) is 3.68. The van der Waals surface area contributed by atoms with E-state index in [9.17, 15) is 0 Å². The summed E-state index contributed by atoms with van der Waals surface area (Å²) in [6, 6.07) is 78.7. The second-order valence-corrected chi connectivity index (χ2v) is 14.6. The van der Waals surface area contributed by atoms with E-state index in [0.29, 0.717) is 0 Å². The highest BCUT2D eigenvalue weighted by molar-refractivity contribution is 6.23. The molecule has 11 aromatic rings. The van der Waals surface area contributed by atoms with Crippen LogP contribution in [0.3, 0.4) is 0 Å². The highest BCUT2D eigenvalue weighted by atomic mass is 15.1. The van der Waals surface area contributed by atoms with Crippen LogP contribution in [0, 0.1) is 0 Å². The Hall–Kier alpha value is -7.55. The van der Waals surface area contributed by atoms with Gasteiger partial charge in [-0.3, -0.25) is 4.57 Å². The molecule has 0 aliphatic rings. The van der Waals surface area contributed by atoms with Crippen LogP contribution in [0.25, 0.3) is 105 Å². The maximum absolute atomic E-state index is 5.79. The molecule has 0 spiro atoms. The second-order valence-electron chi connectivity index (χ2n) is 14.6. The van der Waals surface area contributed by atoms with Crippen LogP contribution >= 0.6 is 0 Å². The maximum atomic E-state index is 5.79. The number of hydrogen-bond acceptors (Lipinski definition) is 1. The molecule has 0 unspecified atom stereocenters. The Bertz CT molecular complexity index is 3240. The van der Waals surface area contributed by atoms with E-state index in [2.05, 4.69) is 223 Å². The number of fused-ring (bicyclic) bond motifs is 4. The molecule has 0 aliphatic carbocycles. The fourth-order valence-corrected chi connectivity index (χ4v) is 8.96. The van der Waals surface area contributed by atoms with Crippen molar-refractivity contribution in [2.75, 3.05) is 0 Å². The minimum atomic E-state index is 0.899. The summed E-state index contributed by atoms with van der Waals surface area (Å²) in [6.45, 7) is 0. The SMILES string of the molecule is c1ccc(-c2c3ccccc3c(-c3ccccc3)c3cc(-c4nc5c(-c6ccccc6)c6ccccc6c(-c6ccccc6)c5n4-c4ccccc4)ccc23)cc1. The van der Waals surface area contributed by atoms with Gasteiger partial charge in [0.05, 0.1) is 11.0 Å². The van der Waals surface area contributed by atoms with Gasteiger partial charge in [-0.15, -0.1) is 0 Å². The molecule has 0 aliphatic heterocycles. The lowest BCUT2D eigenvalue weighted by Gasteiger charge is -2.19. The maximum Gasteiger partial charge on any atom is 0.145 e. The van der Waals surface area contributed by atoms with Crippen molar-refractivity contribution >= 4 is 43.4 Å². The molecule has 11 rings (SSSR count). The van der Waals surface area contributed by atoms with Crippen molar-refractivity contribution in [1.82, 2.24) is 9.55 Å². The summed E-state index contributed by atoms with van der Waals surface area (Å²) in [5, 5.41) is 7.26. The smallest absolute Gasteiger partial charge is 0.145 e. The first kappa shape index (κ1) is 32.8. The van der Waals surface area contributed by atoms with Crippen LogP contribution in [-0.2, 0) is 0 Å². The number of rotatable bonds is 6. The van der Waals surface area contributed by atoms with Crippen LogP contribution in [0.2, 0.25) is 0 Å². The Balaban J connectivity index is 1.33. The van der Waals surface area contributed by atoms with Crippen molar-refractivity contribution in [3.05, 3.63) is 218 Å². The first-order valence-electron chi connectivity index (χ1n) is 19.6. The standard InChI is InChI=1S/C55H36N2/c1-6-20-37(21-7-1)49-43-30-16-17-31-44(43)50(38-22-8-2-9-23-38)48-36-41(34-35-47(48)49)55-56-53-51(39-24-10-3-11-25-39)45-32-18-19-33-46(45)52(40-26-12-4-13-27-40)54(53)57(55)42-28-14-5-15-29-42/h1-36H. The van der Waals surface area contributed by atoms with Gasteiger partial charge in [-0.1, -0.05) is 200 Å². The van der Waals surface area contributed by atoms with Gasteiger partial charge in [-0.05, 0) is 83.9 Å². The Labute approximate surface area is 331 Å².